The summed E-state index contributed by atoms with van der Waals surface area (Å²) in [5, 5.41) is 8.19. The second kappa shape index (κ2) is 8.80. The molecule has 2 aromatic carbocycles. The summed E-state index contributed by atoms with van der Waals surface area (Å²) in [5.74, 6) is 1.90. The molecule has 0 unspecified atom stereocenters. The molecular weight excluding hydrogens is 482 g/mol. The number of fused-ring (bicyclic) bond motifs is 3. The van der Waals surface area contributed by atoms with Gasteiger partial charge in [0.05, 0.1) is 27.7 Å². The number of methoxy groups -OCH3 is 1. The van der Waals surface area contributed by atoms with Crippen LogP contribution in [0, 0.1) is 6.92 Å². The lowest BCUT2D eigenvalue weighted by Crippen LogP contribution is -2.61. The molecule has 2 saturated heterocycles. The number of likely N-dealkylation sites (N-methyl/N-ethyl adjacent to an activating group) is 1. The molecule has 3 aromatic heterocycles. The summed E-state index contributed by atoms with van der Waals surface area (Å²) in [6.45, 7) is 3.70. The summed E-state index contributed by atoms with van der Waals surface area (Å²) in [6, 6.07) is 11.6. The molecule has 0 amide bonds. The van der Waals surface area contributed by atoms with Crippen LogP contribution in [0.25, 0.3) is 16.6 Å². The van der Waals surface area contributed by atoms with Crippen molar-refractivity contribution in [1.29, 1.82) is 0 Å². The average Bonchev–Trinajstić information content (AvgIpc) is 3.49. The third-order valence-electron chi connectivity index (χ3n) is 7.51. The van der Waals surface area contributed by atoms with Gasteiger partial charge in [-0.1, -0.05) is 0 Å². The van der Waals surface area contributed by atoms with E-state index in [9.17, 15) is 0 Å². The molecule has 0 bridgehead atoms. The Balaban J connectivity index is 1.23. The molecule has 2 fully saturated rings. The van der Waals surface area contributed by atoms with Gasteiger partial charge in [-0.2, -0.15) is 5.10 Å². The lowest BCUT2D eigenvalue weighted by atomic mass is 9.94. The van der Waals surface area contributed by atoms with E-state index >= 15 is 0 Å². The van der Waals surface area contributed by atoms with E-state index in [1.807, 2.05) is 25.1 Å². The van der Waals surface area contributed by atoms with Crippen LogP contribution in [0.2, 0.25) is 0 Å². The van der Waals surface area contributed by atoms with Crippen molar-refractivity contribution in [3.05, 3.63) is 60.9 Å². The number of rotatable bonds is 6. The Morgan fingerprint density at radius 3 is 2.82 bits per heavy atom. The molecular formula is C27H27N9O2. The zero-order valence-electron chi connectivity index (χ0n) is 23.9. The molecule has 7 rings (SSSR count). The summed E-state index contributed by atoms with van der Waals surface area (Å²) >= 11 is 0. The van der Waals surface area contributed by atoms with Gasteiger partial charge in [0.25, 0.3) is 0 Å². The molecule has 5 aromatic rings. The van der Waals surface area contributed by atoms with Gasteiger partial charge in [0.15, 0.2) is 5.65 Å². The number of hydrogen-bond donors (Lipinski definition) is 1. The molecule has 2 atom stereocenters. The molecule has 0 aliphatic carbocycles. The van der Waals surface area contributed by atoms with Gasteiger partial charge in [-0.3, -0.25) is 4.90 Å². The summed E-state index contributed by atoms with van der Waals surface area (Å²) in [5.41, 5.74) is 3.69. The van der Waals surface area contributed by atoms with Crippen LogP contribution in [-0.4, -0.2) is 73.7 Å². The molecule has 192 valence electrons. The first-order valence-electron chi connectivity index (χ1n) is 13.9. The number of aryl methyl sites for hydroxylation is 1. The number of benzene rings is 2. The Morgan fingerprint density at radius 2 is 1.95 bits per heavy atom. The quantitative estimate of drug-likeness (QED) is 0.361. The molecule has 11 heteroatoms. The topological polar surface area (TPSA) is 106 Å². The molecule has 0 spiro atoms. The fourth-order valence-electron chi connectivity index (χ4n) is 5.50. The standard InChI is InChI=1S/C27H27N9O2/c1-16-10-17(4-6-21(16)38-24-11-23-29-14-32-36(23)15-31-24)33-27-25-18(28-13-30-27)5-7-22(37-3)26(25)35-12-20-19(35)8-9-34(20)2/h4-7,10-11,13-15,19-20H,8-9,12H2,1-3H3,(H,28,30,33)/t19-,20-/m1/s1/i3D3. The smallest absolute Gasteiger partial charge is 0.224 e. The van der Waals surface area contributed by atoms with Gasteiger partial charge >= 0.3 is 0 Å². The number of hydrogen-bond acceptors (Lipinski definition) is 10. The van der Waals surface area contributed by atoms with E-state index in [1.54, 1.807) is 29.0 Å². The SMILES string of the molecule is [2H]C([2H])([2H])Oc1ccc2ncnc(Nc3ccc(Oc4cc5ncnn5cn4)c(C)c3)c2c1N1C[C@@H]2[C@H]1CCN2C. The van der Waals surface area contributed by atoms with E-state index in [0.29, 0.717) is 51.5 Å². The van der Waals surface area contributed by atoms with Gasteiger partial charge in [0, 0.05) is 36.9 Å². The number of anilines is 3. The average molecular weight is 513 g/mol. The third-order valence-corrected chi connectivity index (χ3v) is 7.51. The van der Waals surface area contributed by atoms with Gasteiger partial charge in [-0.15, -0.1) is 0 Å². The predicted octanol–water partition coefficient (Wildman–Crippen LogP) is 3.81. The van der Waals surface area contributed by atoms with E-state index in [4.69, 9.17) is 13.6 Å². The number of aromatic nitrogens is 6. The van der Waals surface area contributed by atoms with Gasteiger partial charge in [-0.05, 0) is 56.3 Å². The Hall–Kier alpha value is -4.51. The van der Waals surface area contributed by atoms with Crippen LogP contribution in [0.15, 0.2) is 55.4 Å². The van der Waals surface area contributed by atoms with Crippen LogP contribution in [0.1, 0.15) is 16.1 Å². The lowest BCUT2D eigenvalue weighted by Gasteiger charge is -2.48. The molecule has 0 radical (unpaired) electrons. The monoisotopic (exact) mass is 512 g/mol. The van der Waals surface area contributed by atoms with Crippen molar-refractivity contribution in [2.45, 2.75) is 25.4 Å². The van der Waals surface area contributed by atoms with Gasteiger partial charge < -0.3 is 19.7 Å². The Labute approximate surface area is 223 Å². The van der Waals surface area contributed by atoms with Crippen LogP contribution >= 0.6 is 0 Å². The highest BCUT2D eigenvalue weighted by Crippen LogP contribution is 2.46. The van der Waals surface area contributed by atoms with Gasteiger partial charge in [0.1, 0.15) is 36.3 Å². The first kappa shape index (κ1) is 19.6. The Bertz CT molecular complexity index is 1780. The second-order valence-electron chi connectivity index (χ2n) is 9.68. The van der Waals surface area contributed by atoms with Crippen molar-refractivity contribution in [1.82, 2.24) is 34.4 Å². The Morgan fingerprint density at radius 1 is 1.03 bits per heavy atom. The molecule has 38 heavy (non-hydrogen) atoms. The molecule has 2 aliphatic heterocycles. The molecule has 1 N–H and O–H groups in total. The van der Waals surface area contributed by atoms with Crippen LogP contribution in [-0.2, 0) is 0 Å². The maximum absolute atomic E-state index is 7.77. The number of nitrogens with zero attached hydrogens (tertiary/aromatic N) is 8. The molecule has 11 nitrogen and oxygen atoms in total. The highest BCUT2D eigenvalue weighted by atomic mass is 16.5. The largest absolute Gasteiger partial charge is 0.495 e. The van der Waals surface area contributed by atoms with E-state index in [0.717, 1.165) is 30.8 Å². The normalized spacial score (nSPS) is 20.5. The summed E-state index contributed by atoms with van der Waals surface area (Å²) < 4.78 is 36.4. The van der Waals surface area contributed by atoms with Gasteiger partial charge in [-0.25, -0.2) is 24.5 Å². The number of ether oxygens (including phenoxy) is 2. The fourth-order valence-corrected chi connectivity index (χ4v) is 5.50. The summed E-state index contributed by atoms with van der Waals surface area (Å²) in [6.07, 6.45) is 5.49. The van der Waals surface area contributed by atoms with Gasteiger partial charge in [0.2, 0.25) is 5.88 Å². The van der Waals surface area contributed by atoms with Crippen molar-refractivity contribution in [2.24, 2.45) is 0 Å². The minimum atomic E-state index is -2.59. The van der Waals surface area contributed by atoms with Crippen LogP contribution < -0.4 is 19.7 Å². The maximum atomic E-state index is 7.77. The van der Waals surface area contributed by atoms with Crippen LogP contribution in [0.3, 0.4) is 0 Å². The maximum Gasteiger partial charge on any atom is 0.224 e. The van der Waals surface area contributed by atoms with Crippen molar-refractivity contribution < 1.29 is 13.6 Å². The third kappa shape index (κ3) is 3.66. The number of nitrogens with one attached hydrogen (secondary N) is 1. The first-order chi connectivity index (χ1) is 19.7. The highest BCUT2D eigenvalue weighted by Gasteiger charge is 2.46. The first-order valence-corrected chi connectivity index (χ1v) is 12.4. The van der Waals surface area contributed by atoms with E-state index < -0.39 is 7.04 Å². The van der Waals surface area contributed by atoms with E-state index in [1.165, 1.54) is 12.7 Å². The fraction of sp³-hybridized carbons (Fsp3) is 0.296. The summed E-state index contributed by atoms with van der Waals surface area (Å²) in [4.78, 5) is 22.1. The van der Waals surface area contributed by atoms with Crippen molar-refractivity contribution >= 4 is 33.7 Å². The molecule has 0 saturated carbocycles. The van der Waals surface area contributed by atoms with Crippen LogP contribution in [0.5, 0.6) is 17.4 Å². The minimum Gasteiger partial charge on any atom is -0.495 e. The second-order valence-corrected chi connectivity index (χ2v) is 9.68. The van der Waals surface area contributed by atoms with E-state index in [2.05, 4.69) is 47.2 Å². The Kier molecular flexibility index (Phi) is 4.54. The summed E-state index contributed by atoms with van der Waals surface area (Å²) in [7, 11) is -0.470. The predicted molar refractivity (Wildman–Crippen MR) is 144 cm³/mol. The lowest BCUT2D eigenvalue weighted by molar-refractivity contribution is 0.241. The van der Waals surface area contributed by atoms with Crippen molar-refractivity contribution in [3.8, 4) is 17.4 Å². The zero-order valence-corrected chi connectivity index (χ0v) is 20.9. The highest BCUT2D eigenvalue weighted by molar-refractivity contribution is 6.04. The number of likely N-dealkylation sites (tertiary alicyclic amines) is 1. The zero-order chi connectivity index (χ0) is 28.3. The minimum absolute atomic E-state index is 0.266. The van der Waals surface area contributed by atoms with Crippen LogP contribution in [0.4, 0.5) is 17.2 Å². The molecule has 2 aliphatic rings. The molecule has 5 heterocycles. The van der Waals surface area contributed by atoms with E-state index in [-0.39, 0.29) is 6.04 Å². The van der Waals surface area contributed by atoms with Crippen molar-refractivity contribution in [2.75, 3.05) is 37.4 Å². The van der Waals surface area contributed by atoms with Crippen molar-refractivity contribution in [3.63, 3.8) is 0 Å².